The van der Waals surface area contributed by atoms with E-state index in [4.69, 9.17) is 0 Å². The van der Waals surface area contributed by atoms with Gasteiger partial charge < -0.3 is 0 Å². The lowest BCUT2D eigenvalue weighted by Crippen LogP contribution is -2.29. The fourth-order valence-electron chi connectivity index (χ4n) is 2.90. The Morgan fingerprint density at radius 3 is 2.73 bits per heavy atom. The summed E-state index contributed by atoms with van der Waals surface area (Å²) in [7, 11) is -3.54. The predicted molar refractivity (Wildman–Crippen MR) is 102 cm³/mol. The number of benzene rings is 1. The normalized spacial score (nSPS) is 11.8. The van der Waals surface area contributed by atoms with Crippen molar-refractivity contribution in [3.63, 3.8) is 0 Å². The van der Waals surface area contributed by atoms with Crippen molar-refractivity contribution in [3.05, 3.63) is 64.5 Å². The van der Waals surface area contributed by atoms with Crippen LogP contribution in [0.1, 0.15) is 17.0 Å². The van der Waals surface area contributed by atoms with E-state index >= 15 is 0 Å². The van der Waals surface area contributed by atoms with Crippen molar-refractivity contribution >= 4 is 21.4 Å². The number of thiophene rings is 1. The average molecular weight is 394 g/mol. The molecule has 0 aliphatic carbocycles. The van der Waals surface area contributed by atoms with E-state index in [1.807, 2.05) is 36.0 Å². The summed E-state index contributed by atoms with van der Waals surface area (Å²) in [5, 5.41) is 6.54. The van der Waals surface area contributed by atoms with Crippen molar-refractivity contribution in [2.24, 2.45) is 0 Å². The van der Waals surface area contributed by atoms with Crippen LogP contribution < -0.4 is 4.72 Å². The summed E-state index contributed by atoms with van der Waals surface area (Å²) >= 11 is 1.65. The van der Waals surface area contributed by atoms with E-state index < -0.39 is 15.8 Å². The molecule has 0 bridgehead atoms. The molecule has 2 aromatic heterocycles. The monoisotopic (exact) mass is 393 g/mol. The summed E-state index contributed by atoms with van der Waals surface area (Å²) in [6.07, 6.45) is 0. The molecule has 0 aliphatic heterocycles. The molecule has 0 amide bonds. The topological polar surface area (TPSA) is 64.0 Å². The van der Waals surface area contributed by atoms with Crippen LogP contribution in [0, 0.1) is 19.7 Å². The van der Waals surface area contributed by atoms with Crippen LogP contribution in [0.25, 0.3) is 10.4 Å². The molecule has 8 heteroatoms. The minimum absolute atomic E-state index is 0.226. The van der Waals surface area contributed by atoms with Crippen LogP contribution in [0.5, 0.6) is 0 Å². The minimum atomic E-state index is -3.54. The van der Waals surface area contributed by atoms with Gasteiger partial charge in [0.15, 0.2) is 0 Å². The van der Waals surface area contributed by atoms with Gasteiger partial charge in [0, 0.05) is 22.7 Å². The maximum atomic E-state index is 13.2. The fraction of sp³-hybridized carbons (Fsp3) is 0.278. The molecule has 138 valence electrons. The third kappa shape index (κ3) is 4.38. The van der Waals surface area contributed by atoms with Gasteiger partial charge in [0.1, 0.15) is 5.82 Å². The summed E-state index contributed by atoms with van der Waals surface area (Å²) in [5.74, 6) is -0.691. The summed E-state index contributed by atoms with van der Waals surface area (Å²) in [6.45, 7) is 4.59. The Kier molecular flexibility index (Phi) is 5.55. The number of hydrogen-bond acceptors (Lipinski definition) is 4. The molecule has 3 aromatic rings. The molecule has 0 unspecified atom stereocenters. The minimum Gasteiger partial charge on any atom is -0.268 e. The Morgan fingerprint density at radius 1 is 1.23 bits per heavy atom. The number of nitrogens with zero attached hydrogens (tertiary/aromatic N) is 2. The number of hydrogen-bond donors (Lipinski definition) is 1. The lowest BCUT2D eigenvalue weighted by Gasteiger charge is -2.08. The van der Waals surface area contributed by atoms with Gasteiger partial charge in [0.2, 0.25) is 10.0 Å². The van der Waals surface area contributed by atoms with E-state index in [0.717, 1.165) is 21.8 Å². The van der Waals surface area contributed by atoms with Crippen LogP contribution >= 0.6 is 11.3 Å². The highest BCUT2D eigenvalue weighted by Gasteiger charge is 2.15. The van der Waals surface area contributed by atoms with Crippen LogP contribution in [0.3, 0.4) is 0 Å². The Balaban J connectivity index is 1.64. The van der Waals surface area contributed by atoms with Gasteiger partial charge in [-0.15, -0.1) is 11.3 Å². The summed E-state index contributed by atoms with van der Waals surface area (Å²) in [5.41, 5.74) is 3.45. The van der Waals surface area contributed by atoms with Crippen molar-refractivity contribution in [1.29, 1.82) is 0 Å². The van der Waals surface area contributed by atoms with Gasteiger partial charge in [0.25, 0.3) is 0 Å². The first-order chi connectivity index (χ1) is 12.4. The molecule has 3 rings (SSSR count). The molecule has 0 atom stereocenters. The Morgan fingerprint density at radius 2 is 2.04 bits per heavy atom. The molecule has 26 heavy (non-hydrogen) atoms. The first-order valence-electron chi connectivity index (χ1n) is 8.15. The predicted octanol–water partition coefficient (Wildman–Crippen LogP) is 3.49. The van der Waals surface area contributed by atoms with Crippen molar-refractivity contribution in [2.75, 3.05) is 6.54 Å². The molecule has 0 spiro atoms. The molecular weight excluding hydrogens is 373 g/mol. The van der Waals surface area contributed by atoms with E-state index in [0.29, 0.717) is 12.1 Å². The van der Waals surface area contributed by atoms with E-state index in [1.54, 1.807) is 17.4 Å². The molecular formula is C18H20FN3O2S2. The van der Waals surface area contributed by atoms with Gasteiger partial charge in [0.05, 0.1) is 18.0 Å². The van der Waals surface area contributed by atoms with Crippen molar-refractivity contribution < 1.29 is 12.8 Å². The molecule has 5 nitrogen and oxygen atoms in total. The number of sulfonamides is 1. The third-order valence-corrected chi connectivity index (χ3v) is 6.29. The zero-order valence-corrected chi connectivity index (χ0v) is 16.2. The van der Waals surface area contributed by atoms with E-state index in [1.165, 1.54) is 18.2 Å². The van der Waals surface area contributed by atoms with Gasteiger partial charge in [-0.1, -0.05) is 18.2 Å². The Bertz CT molecular complexity index is 996. The van der Waals surface area contributed by atoms with Crippen LogP contribution in [0.2, 0.25) is 0 Å². The van der Waals surface area contributed by atoms with Crippen molar-refractivity contribution in [2.45, 2.75) is 26.1 Å². The largest absolute Gasteiger partial charge is 0.268 e. The second-order valence-electron chi connectivity index (χ2n) is 6.03. The fourth-order valence-corrected chi connectivity index (χ4v) is 4.89. The highest BCUT2D eigenvalue weighted by Crippen LogP contribution is 2.30. The van der Waals surface area contributed by atoms with Crippen LogP contribution in [-0.2, 0) is 22.3 Å². The van der Waals surface area contributed by atoms with Crippen LogP contribution in [0.4, 0.5) is 4.39 Å². The second kappa shape index (κ2) is 7.69. The molecule has 0 fully saturated rings. The van der Waals surface area contributed by atoms with E-state index in [2.05, 4.69) is 9.82 Å². The van der Waals surface area contributed by atoms with Gasteiger partial charge in [-0.3, -0.25) is 4.68 Å². The number of halogens is 1. The summed E-state index contributed by atoms with van der Waals surface area (Å²) < 4.78 is 41.9. The van der Waals surface area contributed by atoms with Gasteiger partial charge in [-0.2, -0.15) is 5.10 Å². The molecule has 0 aliphatic rings. The molecule has 0 radical (unpaired) electrons. The summed E-state index contributed by atoms with van der Waals surface area (Å²) in [6, 6.07) is 9.66. The maximum absolute atomic E-state index is 13.2. The Labute approximate surface area is 156 Å². The first kappa shape index (κ1) is 18.8. The second-order valence-corrected chi connectivity index (χ2v) is 8.78. The zero-order chi connectivity index (χ0) is 18.7. The SMILES string of the molecule is Cc1nn(CCNS(=O)(=O)Cc2cccc(F)c2)c(C)c1-c1cccs1. The van der Waals surface area contributed by atoms with Crippen LogP contribution in [-0.4, -0.2) is 24.7 Å². The maximum Gasteiger partial charge on any atom is 0.215 e. The zero-order valence-electron chi connectivity index (χ0n) is 14.6. The average Bonchev–Trinajstić information content (AvgIpc) is 3.15. The standard InChI is InChI=1S/C18H20FN3O2S2/c1-13-18(17-7-4-10-25-17)14(2)22(21-13)9-8-20-26(23,24)12-15-5-3-6-16(19)11-15/h3-7,10-11,20H,8-9,12H2,1-2H3. The number of aromatic nitrogens is 2. The van der Waals surface area contributed by atoms with E-state index in [-0.39, 0.29) is 12.3 Å². The van der Waals surface area contributed by atoms with Crippen LogP contribution in [0.15, 0.2) is 41.8 Å². The highest BCUT2D eigenvalue weighted by molar-refractivity contribution is 7.88. The van der Waals surface area contributed by atoms with Gasteiger partial charge in [-0.25, -0.2) is 17.5 Å². The lowest BCUT2D eigenvalue weighted by molar-refractivity contribution is 0.553. The molecule has 2 heterocycles. The van der Waals surface area contributed by atoms with E-state index in [9.17, 15) is 12.8 Å². The molecule has 1 N–H and O–H groups in total. The third-order valence-electron chi connectivity index (χ3n) is 4.04. The smallest absolute Gasteiger partial charge is 0.215 e. The quantitative estimate of drug-likeness (QED) is 0.668. The molecule has 0 saturated heterocycles. The lowest BCUT2D eigenvalue weighted by atomic mass is 10.1. The molecule has 0 saturated carbocycles. The summed E-state index contributed by atoms with van der Waals surface area (Å²) in [4.78, 5) is 1.15. The Hall–Kier alpha value is -2.03. The van der Waals surface area contributed by atoms with Crippen molar-refractivity contribution in [1.82, 2.24) is 14.5 Å². The highest BCUT2D eigenvalue weighted by atomic mass is 32.2. The van der Waals surface area contributed by atoms with Gasteiger partial charge >= 0.3 is 0 Å². The number of rotatable bonds is 7. The molecule has 1 aromatic carbocycles. The number of aryl methyl sites for hydroxylation is 1. The van der Waals surface area contributed by atoms with Crippen molar-refractivity contribution in [3.8, 4) is 10.4 Å². The number of nitrogens with one attached hydrogen (secondary N) is 1. The van der Waals surface area contributed by atoms with Gasteiger partial charge in [-0.05, 0) is 43.0 Å². The first-order valence-corrected chi connectivity index (χ1v) is 10.7.